The molecule has 3 aromatic rings. The van der Waals surface area contributed by atoms with Gasteiger partial charge in [-0.3, -0.25) is 0 Å². The van der Waals surface area contributed by atoms with Crippen molar-refractivity contribution in [2.75, 3.05) is 7.11 Å². The number of fused-ring (bicyclic) bond motifs is 1. The Labute approximate surface area is 102 Å². The number of aromatic amines is 1. The maximum atomic E-state index is 13.0. The largest absolute Gasteiger partial charge is 0.481 e. The molecule has 0 aliphatic heterocycles. The third-order valence-corrected chi connectivity index (χ3v) is 2.73. The average Bonchev–Trinajstić information content (AvgIpc) is 2.81. The van der Waals surface area contributed by atoms with Gasteiger partial charge in [0.05, 0.1) is 23.9 Å². The summed E-state index contributed by atoms with van der Waals surface area (Å²) in [6.07, 6.45) is 3.15. The van der Waals surface area contributed by atoms with Crippen LogP contribution in [0.25, 0.3) is 22.2 Å². The van der Waals surface area contributed by atoms with Crippen molar-refractivity contribution >= 4 is 10.9 Å². The molecule has 3 aromatic heterocycles. The summed E-state index contributed by atoms with van der Waals surface area (Å²) in [5, 5.41) is 0.845. The van der Waals surface area contributed by atoms with E-state index in [1.807, 2.05) is 18.2 Å². The van der Waals surface area contributed by atoms with Crippen molar-refractivity contribution in [2.24, 2.45) is 0 Å². The van der Waals surface area contributed by atoms with E-state index in [0.29, 0.717) is 11.4 Å². The summed E-state index contributed by atoms with van der Waals surface area (Å²) in [5.41, 5.74) is 2.35. The number of hydrogen-bond acceptors (Lipinski definition) is 3. The van der Waals surface area contributed by atoms with E-state index in [9.17, 15) is 4.39 Å². The van der Waals surface area contributed by atoms with Crippen LogP contribution in [0.15, 0.2) is 36.7 Å². The van der Waals surface area contributed by atoms with E-state index in [2.05, 4.69) is 15.0 Å². The molecule has 0 atom stereocenters. The lowest BCUT2D eigenvalue weighted by Crippen LogP contribution is -1.90. The first kappa shape index (κ1) is 10.7. The van der Waals surface area contributed by atoms with Gasteiger partial charge in [-0.2, -0.15) is 4.39 Å². The molecule has 3 heterocycles. The summed E-state index contributed by atoms with van der Waals surface area (Å²) in [6, 6.07) is 6.96. The third-order valence-electron chi connectivity index (χ3n) is 2.73. The quantitative estimate of drug-likeness (QED) is 0.704. The van der Waals surface area contributed by atoms with Crippen molar-refractivity contribution in [1.82, 2.24) is 15.0 Å². The van der Waals surface area contributed by atoms with Gasteiger partial charge in [0, 0.05) is 23.8 Å². The normalized spacial score (nSPS) is 10.8. The standard InChI is InChI=1S/C13H10FN3O/c1-18-13-9(3-2-4-15-13)11-5-8-7-16-12(14)6-10(8)17-11/h2-7,17H,1H3. The molecule has 0 saturated carbocycles. The van der Waals surface area contributed by atoms with E-state index in [1.165, 1.54) is 12.3 Å². The molecular formula is C13H10FN3O. The predicted octanol–water partition coefficient (Wildman–Crippen LogP) is 2.77. The first-order chi connectivity index (χ1) is 8.78. The number of methoxy groups -OCH3 is 1. The molecule has 0 aliphatic carbocycles. The summed E-state index contributed by atoms with van der Waals surface area (Å²) < 4.78 is 18.2. The van der Waals surface area contributed by atoms with E-state index in [0.717, 1.165) is 16.6 Å². The smallest absolute Gasteiger partial charge is 0.222 e. The van der Waals surface area contributed by atoms with Gasteiger partial charge in [-0.15, -0.1) is 0 Å². The van der Waals surface area contributed by atoms with Crippen LogP contribution in [-0.2, 0) is 0 Å². The lowest BCUT2D eigenvalue weighted by Gasteiger charge is -2.04. The fourth-order valence-electron chi connectivity index (χ4n) is 1.90. The molecule has 0 aliphatic rings. The van der Waals surface area contributed by atoms with Crippen LogP contribution in [0.1, 0.15) is 0 Å². The van der Waals surface area contributed by atoms with Gasteiger partial charge in [0.2, 0.25) is 11.8 Å². The number of H-pyrrole nitrogens is 1. The highest BCUT2D eigenvalue weighted by atomic mass is 19.1. The Morgan fingerprint density at radius 2 is 2.17 bits per heavy atom. The highest BCUT2D eigenvalue weighted by molar-refractivity contribution is 5.85. The zero-order chi connectivity index (χ0) is 12.5. The Bertz CT molecular complexity index is 708. The number of nitrogens with one attached hydrogen (secondary N) is 1. The minimum atomic E-state index is -0.506. The summed E-state index contributed by atoms with van der Waals surface area (Å²) in [7, 11) is 1.57. The molecule has 0 aromatic carbocycles. The number of aromatic nitrogens is 3. The van der Waals surface area contributed by atoms with Crippen LogP contribution in [0, 0.1) is 5.95 Å². The van der Waals surface area contributed by atoms with E-state index in [1.54, 1.807) is 13.3 Å². The summed E-state index contributed by atoms with van der Waals surface area (Å²) in [4.78, 5) is 10.9. The van der Waals surface area contributed by atoms with Crippen molar-refractivity contribution in [3.05, 3.63) is 42.6 Å². The second-order valence-electron chi connectivity index (χ2n) is 3.84. The number of nitrogens with zero attached hydrogens (tertiary/aromatic N) is 2. The lowest BCUT2D eigenvalue weighted by molar-refractivity contribution is 0.399. The number of halogens is 1. The molecule has 1 N–H and O–H groups in total. The van der Waals surface area contributed by atoms with Crippen LogP contribution in [0.3, 0.4) is 0 Å². The zero-order valence-electron chi connectivity index (χ0n) is 9.64. The predicted molar refractivity (Wildman–Crippen MR) is 65.8 cm³/mol. The van der Waals surface area contributed by atoms with Crippen molar-refractivity contribution in [1.29, 1.82) is 0 Å². The second-order valence-corrected chi connectivity index (χ2v) is 3.84. The molecule has 0 radical (unpaired) electrons. The molecular weight excluding hydrogens is 233 g/mol. The van der Waals surface area contributed by atoms with Crippen LogP contribution in [0.4, 0.5) is 4.39 Å². The number of ether oxygens (including phenoxy) is 1. The molecule has 4 nitrogen and oxygen atoms in total. The van der Waals surface area contributed by atoms with Gasteiger partial charge in [0.25, 0.3) is 0 Å². The number of rotatable bonds is 2. The van der Waals surface area contributed by atoms with Gasteiger partial charge >= 0.3 is 0 Å². The fourth-order valence-corrected chi connectivity index (χ4v) is 1.90. The minimum absolute atomic E-state index is 0.506. The molecule has 0 amide bonds. The van der Waals surface area contributed by atoms with E-state index >= 15 is 0 Å². The van der Waals surface area contributed by atoms with Gasteiger partial charge in [-0.05, 0) is 18.2 Å². The van der Waals surface area contributed by atoms with Crippen LogP contribution >= 0.6 is 0 Å². The van der Waals surface area contributed by atoms with Crippen LogP contribution in [-0.4, -0.2) is 22.1 Å². The van der Waals surface area contributed by atoms with Gasteiger partial charge < -0.3 is 9.72 Å². The molecule has 0 saturated heterocycles. The van der Waals surface area contributed by atoms with Gasteiger partial charge in [0.15, 0.2) is 0 Å². The van der Waals surface area contributed by atoms with Crippen molar-refractivity contribution in [2.45, 2.75) is 0 Å². The Balaban J connectivity index is 2.19. The molecule has 0 bridgehead atoms. The molecule has 0 unspecified atom stereocenters. The van der Waals surface area contributed by atoms with Gasteiger partial charge in [-0.1, -0.05) is 0 Å². The third kappa shape index (κ3) is 1.69. The first-order valence-corrected chi connectivity index (χ1v) is 5.41. The molecule has 3 rings (SSSR count). The Morgan fingerprint density at radius 3 is 3.00 bits per heavy atom. The minimum Gasteiger partial charge on any atom is -0.481 e. The van der Waals surface area contributed by atoms with Crippen molar-refractivity contribution in [3.63, 3.8) is 0 Å². The SMILES string of the molecule is COc1ncccc1-c1cc2cnc(F)cc2[nH]1. The van der Waals surface area contributed by atoms with E-state index in [-0.39, 0.29) is 0 Å². The monoisotopic (exact) mass is 243 g/mol. The number of hydrogen-bond donors (Lipinski definition) is 1. The summed E-state index contributed by atoms with van der Waals surface area (Å²) >= 11 is 0. The Kier molecular flexibility index (Phi) is 2.44. The summed E-state index contributed by atoms with van der Waals surface area (Å²) in [6.45, 7) is 0. The first-order valence-electron chi connectivity index (χ1n) is 5.41. The average molecular weight is 243 g/mol. The van der Waals surface area contributed by atoms with Crippen LogP contribution in [0.5, 0.6) is 5.88 Å². The van der Waals surface area contributed by atoms with Crippen molar-refractivity contribution < 1.29 is 9.13 Å². The second kappa shape index (κ2) is 4.10. The van der Waals surface area contributed by atoms with E-state index < -0.39 is 5.95 Å². The Morgan fingerprint density at radius 1 is 1.28 bits per heavy atom. The van der Waals surface area contributed by atoms with Gasteiger partial charge in [-0.25, -0.2) is 9.97 Å². The lowest BCUT2D eigenvalue weighted by atomic mass is 10.2. The topological polar surface area (TPSA) is 50.8 Å². The molecule has 18 heavy (non-hydrogen) atoms. The van der Waals surface area contributed by atoms with E-state index in [4.69, 9.17) is 4.74 Å². The molecule has 0 spiro atoms. The number of pyridine rings is 2. The molecule has 5 heteroatoms. The van der Waals surface area contributed by atoms with Crippen molar-refractivity contribution in [3.8, 4) is 17.1 Å². The molecule has 0 fully saturated rings. The van der Waals surface area contributed by atoms with Gasteiger partial charge in [0.1, 0.15) is 0 Å². The zero-order valence-corrected chi connectivity index (χ0v) is 9.64. The van der Waals surface area contributed by atoms with Crippen LogP contribution in [0.2, 0.25) is 0 Å². The Hall–Kier alpha value is -2.43. The molecule has 90 valence electrons. The maximum absolute atomic E-state index is 13.0. The highest BCUT2D eigenvalue weighted by Gasteiger charge is 2.09. The van der Waals surface area contributed by atoms with Crippen LogP contribution < -0.4 is 4.74 Å². The summed E-state index contributed by atoms with van der Waals surface area (Å²) in [5.74, 6) is 0.0199. The highest BCUT2D eigenvalue weighted by Crippen LogP contribution is 2.29. The maximum Gasteiger partial charge on any atom is 0.222 e. The fraction of sp³-hybridized carbons (Fsp3) is 0.0769.